The Morgan fingerprint density at radius 3 is 3.00 bits per heavy atom. The minimum atomic E-state index is -0.364. The zero-order valence-corrected chi connectivity index (χ0v) is 15.3. The summed E-state index contributed by atoms with van der Waals surface area (Å²) in [6.45, 7) is 1.26. The molecule has 0 bridgehead atoms. The van der Waals surface area contributed by atoms with Gasteiger partial charge in [0.15, 0.2) is 5.65 Å². The maximum Gasteiger partial charge on any atom is 0.261 e. The van der Waals surface area contributed by atoms with Gasteiger partial charge in [0.1, 0.15) is 5.56 Å². The first-order valence-electron chi connectivity index (χ1n) is 9.08. The maximum atomic E-state index is 13.0. The second-order valence-corrected chi connectivity index (χ2v) is 6.99. The number of nitrogens with one attached hydrogen (secondary N) is 1. The number of β-amino-alcohol motifs (C(OH)–C–C–N with tert-alkyl or cyclic N) is 1. The monoisotopic (exact) mass is 377 g/mol. The molecule has 1 aromatic carbocycles. The molecular formula is C19H19N7O2. The van der Waals surface area contributed by atoms with Gasteiger partial charge < -0.3 is 15.3 Å². The standard InChI is InChI=1S/C19H19N7O2/c1-24-16-8-15(17(7-12(16)9-21-24)25-6-3-13(27)11-25)23-19(28)14-10-22-26-5-2-4-20-18(14)26/h2,4-5,7-10,13,27H,3,6,11H2,1H3,(H,23,28). The lowest BCUT2D eigenvalue weighted by Crippen LogP contribution is -2.23. The largest absolute Gasteiger partial charge is 0.391 e. The van der Waals surface area contributed by atoms with Gasteiger partial charge in [-0.15, -0.1) is 0 Å². The third-order valence-electron chi connectivity index (χ3n) is 5.14. The summed E-state index contributed by atoms with van der Waals surface area (Å²) in [4.78, 5) is 19.3. The number of fused-ring (bicyclic) bond motifs is 2. The molecule has 4 heterocycles. The van der Waals surface area contributed by atoms with Crippen LogP contribution >= 0.6 is 0 Å². The van der Waals surface area contributed by atoms with E-state index in [4.69, 9.17) is 0 Å². The number of hydrogen-bond acceptors (Lipinski definition) is 6. The van der Waals surface area contributed by atoms with Crippen molar-refractivity contribution in [3.8, 4) is 0 Å². The van der Waals surface area contributed by atoms with Crippen molar-refractivity contribution in [3.63, 3.8) is 0 Å². The summed E-state index contributed by atoms with van der Waals surface area (Å²) in [5, 5.41) is 22.4. The molecule has 1 fully saturated rings. The summed E-state index contributed by atoms with van der Waals surface area (Å²) in [5.41, 5.74) is 3.36. The van der Waals surface area contributed by atoms with Crippen molar-refractivity contribution in [2.75, 3.05) is 23.3 Å². The van der Waals surface area contributed by atoms with Gasteiger partial charge in [-0.3, -0.25) is 9.48 Å². The van der Waals surface area contributed by atoms with E-state index >= 15 is 0 Å². The van der Waals surface area contributed by atoms with Crippen molar-refractivity contribution < 1.29 is 9.90 Å². The zero-order valence-electron chi connectivity index (χ0n) is 15.3. The summed E-state index contributed by atoms with van der Waals surface area (Å²) in [6.07, 6.45) is 7.03. The van der Waals surface area contributed by atoms with E-state index in [1.807, 2.05) is 19.2 Å². The molecule has 1 atom stereocenters. The molecule has 4 aromatic rings. The van der Waals surface area contributed by atoms with Crippen LogP contribution in [0, 0.1) is 0 Å². The molecule has 142 valence electrons. The molecule has 5 rings (SSSR count). The van der Waals surface area contributed by atoms with Crippen LogP contribution in [0.2, 0.25) is 0 Å². The fourth-order valence-corrected chi connectivity index (χ4v) is 3.69. The van der Waals surface area contributed by atoms with Gasteiger partial charge >= 0.3 is 0 Å². The van der Waals surface area contributed by atoms with Crippen LogP contribution in [0.25, 0.3) is 16.6 Å². The highest BCUT2D eigenvalue weighted by Crippen LogP contribution is 2.34. The molecule has 1 saturated heterocycles. The summed E-state index contributed by atoms with van der Waals surface area (Å²) < 4.78 is 3.33. The minimum Gasteiger partial charge on any atom is -0.391 e. The third kappa shape index (κ3) is 2.67. The van der Waals surface area contributed by atoms with Gasteiger partial charge in [-0.05, 0) is 24.6 Å². The number of aliphatic hydroxyl groups excluding tert-OH is 1. The molecule has 1 aliphatic heterocycles. The van der Waals surface area contributed by atoms with E-state index in [-0.39, 0.29) is 12.0 Å². The molecule has 9 heteroatoms. The van der Waals surface area contributed by atoms with Crippen LogP contribution in [0.15, 0.2) is 43.0 Å². The van der Waals surface area contributed by atoms with Crippen molar-refractivity contribution in [3.05, 3.63) is 48.5 Å². The number of aryl methyl sites for hydroxylation is 1. The van der Waals surface area contributed by atoms with E-state index in [9.17, 15) is 9.90 Å². The normalized spacial score (nSPS) is 16.9. The molecular weight excluding hydrogens is 358 g/mol. The number of benzene rings is 1. The molecule has 2 N–H and O–H groups in total. The Bertz CT molecular complexity index is 1200. The predicted molar refractivity (Wildman–Crippen MR) is 104 cm³/mol. The van der Waals surface area contributed by atoms with E-state index in [0.717, 1.165) is 23.1 Å². The third-order valence-corrected chi connectivity index (χ3v) is 5.14. The van der Waals surface area contributed by atoms with Gasteiger partial charge in [-0.1, -0.05) is 0 Å². The number of carbonyl (C=O) groups is 1. The Kier molecular flexibility index (Phi) is 3.76. The second kappa shape index (κ2) is 6.31. The Labute approximate surface area is 160 Å². The Balaban J connectivity index is 1.56. The van der Waals surface area contributed by atoms with Crippen molar-refractivity contribution in [1.82, 2.24) is 24.4 Å². The molecule has 0 saturated carbocycles. The first-order valence-corrected chi connectivity index (χ1v) is 9.08. The number of hydrogen-bond donors (Lipinski definition) is 2. The van der Waals surface area contributed by atoms with E-state index in [1.165, 1.54) is 6.20 Å². The molecule has 0 radical (unpaired) electrons. The number of rotatable bonds is 3. The quantitative estimate of drug-likeness (QED) is 0.560. The number of aromatic nitrogens is 5. The van der Waals surface area contributed by atoms with Gasteiger partial charge in [-0.25, -0.2) is 9.50 Å². The van der Waals surface area contributed by atoms with Crippen molar-refractivity contribution in [2.45, 2.75) is 12.5 Å². The van der Waals surface area contributed by atoms with E-state index < -0.39 is 0 Å². The van der Waals surface area contributed by atoms with E-state index in [2.05, 4.69) is 25.4 Å². The van der Waals surface area contributed by atoms with Crippen molar-refractivity contribution >= 4 is 33.8 Å². The smallest absolute Gasteiger partial charge is 0.261 e. The van der Waals surface area contributed by atoms with E-state index in [0.29, 0.717) is 29.9 Å². The fraction of sp³-hybridized carbons (Fsp3) is 0.263. The van der Waals surface area contributed by atoms with Gasteiger partial charge in [0.05, 0.1) is 35.4 Å². The van der Waals surface area contributed by atoms with Crippen molar-refractivity contribution in [2.24, 2.45) is 7.05 Å². The number of nitrogens with zero attached hydrogens (tertiary/aromatic N) is 6. The lowest BCUT2D eigenvalue weighted by molar-refractivity contribution is 0.102. The van der Waals surface area contributed by atoms with Crippen LogP contribution in [0.4, 0.5) is 11.4 Å². The Morgan fingerprint density at radius 1 is 1.29 bits per heavy atom. The van der Waals surface area contributed by atoms with Gasteiger partial charge in [0.25, 0.3) is 5.91 Å². The summed E-state index contributed by atoms with van der Waals surface area (Å²) in [6, 6.07) is 5.68. The Morgan fingerprint density at radius 2 is 2.18 bits per heavy atom. The minimum absolute atomic E-state index is 0.281. The number of carbonyl (C=O) groups excluding carboxylic acids is 1. The topological polar surface area (TPSA) is 101 Å². The second-order valence-electron chi connectivity index (χ2n) is 6.99. The zero-order chi connectivity index (χ0) is 19.3. The van der Waals surface area contributed by atoms with Gasteiger partial charge in [0, 0.05) is 37.9 Å². The van der Waals surface area contributed by atoms with Crippen LogP contribution in [0.1, 0.15) is 16.8 Å². The van der Waals surface area contributed by atoms with Crippen LogP contribution in [0.3, 0.4) is 0 Å². The molecule has 9 nitrogen and oxygen atoms in total. The fourth-order valence-electron chi connectivity index (χ4n) is 3.69. The van der Waals surface area contributed by atoms with Gasteiger partial charge in [0.2, 0.25) is 0 Å². The van der Waals surface area contributed by atoms with Crippen LogP contribution in [0.5, 0.6) is 0 Å². The molecule has 0 aliphatic carbocycles. The lowest BCUT2D eigenvalue weighted by atomic mass is 10.1. The average molecular weight is 377 g/mol. The first-order chi connectivity index (χ1) is 13.6. The molecule has 1 aliphatic rings. The summed E-state index contributed by atoms with van der Waals surface area (Å²) >= 11 is 0. The van der Waals surface area contributed by atoms with Crippen LogP contribution in [-0.2, 0) is 7.05 Å². The summed E-state index contributed by atoms with van der Waals surface area (Å²) in [7, 11) is 1.86. The number of amides is 1. The first kappa shape index (κ1) is 16.7. The number of aliphatic hydroxyl groups is 1. The average Bonchev–Trinajstić information content (AvgIpc) is 3.40. The molecule has 1 unspecified atom stereocenters. The summed E-state index contributed by atoms with van der Waals surface area (Å²) in [5.74, 6) is -0.281. The SMILES string of the molecule is Cn1ncc2cc(N3CCC(O)C3)c(NC(=O)c3cnn4cccnc34)cc21. The lowest BCUT2D eigenvalue weighted by Gasteiger charge is -2.22. The number of anilines is 2. The molecule has 0 spiro atoms. The molecule has 3 aromatic heterocycles. The van der Waals surface area contributed by atoms with Crippen LogP contribution in [-0.4, -0.2) is 54.6 Å². The maximum absolute atomic E-state index is 13.0. The van der Waals surface area contributed by atoms with Crippen molar-refractivity contribution in [1.29, 1.82) is 0 Å². The highest BCUT2D eigenvalue weighted by molar-refractivity contribution is 6.10. The van der Waals surface area contributed by atoms with Gasteiger partial charge in [-0.2, -0.15) is 10.2 Å². The highest BCUT2D eigenvalue weighted by Gasteiger charge is 2.25. The van der Waals surface area contributed by atoms with E-state index in [1.54, 1.807) is 33.9 Å². The van der Waals surface area contributed by atoms with Crippen LogP contribution < -0.4 is 10.2 Å². The Hall–Kier alpha value is -3.46. The predicted octanol–water partition coefficient (Wildman–Crippen LogP) is 1.44. The molecule has 1 amide bonds. The highest BCUT2D eigenvalue weighted by atomic mass is 16.3. The molecule has 28 heavy (non-hydrogen) atoms.